The molecule has 1 heterocycles. The van der Waals surface area contributed by atoms with Crippen LogP contribution >= 0.6 is 0 Å². The summed E-state index contributed by atoms with van der Waals surface area (Å²) >= 11 is 0. The fourth-order valence-electron chi connectivity index (χ4n) is 2.89. The highest BCUT2D eigenvalue weighted by Gasteiger charge is 2.11. The number of guanidine groups is 1. The molecule has 0 fully saturated rings. The highest BCUT2D eigenvalue weighted by Crippen LogP contribution is 2.32. The smallest absolute Gasteiger partial charge is 0.195 e. The van der Waals surface area contributed by atoms with Crippen LogP contribution in [0.5, 0.6) is 28.7 Å². The quantitative estimate of drug-likeness (QED) is 0.389. The molecule has 0 aliphatic carbocycles. The van der Waals surface area contributed by atoms with Crippen LogP contribution in [-0.4, -0.2) is 53.6 Å². The first-order valence-corrected chi connectivity index (χ1v) is 9.95. The van der Waals surface area contributed by atoms with E-state index in [1.807, 2.05) is 36.4 Å². The molecular weight excluding hydrogens is 386 g/mol. The molecule has 2 aromatic rings. The van der Waals surface area contributed by atoms with Gasteiger partial charge in [0.2, 0.25) is 0 Å². The predicted molar refractivity (Wildman–Crippen MR) is 117 cm³/mol. The molecule has 8 nitrogen and oxygen atoms in total. The number of hydrogen-bond acceptors (Lipinski definition) is 6. The minimum atomic E-state index is 0.546. The summed E-state index contributed by atoms with van der Waals surface area (Å²) < 4.78 is 27.7. The van der Waals surface area contributed by atoms with Gasteiger partial charge in [0.15, 0.2) is 17.5 Å². The van der Waals surface area contributed by atoms with E-state index in [1.165, 1.54) is 0 Å². The summed E-state index contributed by atoms with van der Waals surface area (Å²) in [6, 6.07) is 11.3. The molecule has 0 spiro atoms. The highest BCUT2D eigenvalue weighted by molar-refractivity contribution is 5.93. The van der Waals surface area contributed by atoms with Gasteiger partial charge in [-0.15, -0.1) is 0 Å². The first-order valence-electron chi connectivity index (χ1n) is 9.95. The average Bonchev–Trinajstić information content (AvgIpc) is 3.02. The van der Waals surface area contributed by atoms with Gasteiger partial charge in [0.25, 0.3) is 0 Å². The van der Waals surface area contributed by atoms with Gasteiger partial charge < -0.3 is 34.3 Å². The van der Waals surface area contributed by atoms with Gasteiger partial charge in [-0.1, -0.05) is 0 Å². The highest BCUT2D eigenvalue weighted by atomic mass is 16.5. The second-order valence-corrected chi connectivity index (χ2v) is 6.59. The van der Waals surface area contributed by atoms with E-state index in [-0.39, 0.29) is 0 Å². The van der Waals surface area contributed by atoms with Crippen molar-refractivity contribution >= 4 is 11.6 Å². The molecule has 0 bridgehead atoms. The molecule has 1 aliphatic rings. The SMILES string of the molecule is CN=C(NCCCOc1cc(OC)cc(OC)c1)Nc1ccc2c(c1)OCCCO2. The van der Waals surface area contributed by atoms with Gasteiger partial charge in [0, 0.05) is 50.0 Å². The zero-order valence-corrected chi connectivity index (χ0v) is 17.7. The number of methoxy groups -OCH3 is 2. The first kappa shape index (κ1) is 21.4. The van der Waals surface area contributed by atoms with E-state index in [2.05, 4.69) is 15.6 Å². The Kier molecular flexibility index (Phi) is 7.88. The third-order valence-electron chi connectivity index (χ3n) is 4.44. The largest absolute Gasteiger partial charge is 0.496 e. The summed E-state index contributed by atoms with van der Waals surface area (Å²) in [5, 5.41) is 6.55. The normalized spacial score (nSPS) is 13.2. The molecule has 1 aliphatic heterocycles. The van der Waals surface area contributed by atoms with Gasteiger partial charge in [0.1, 0.15) is 17.2 Å². The lowest BCUT2D eigenvalue weighted by molar-refractivity contribution is 0.297. The van der Waals surface area contributed by atoms with Crippen LogP contribution in [0.25, 0.3) is 0 Å². The molecule has 0 saturated carbocycles. The minimum Gasteiger partial charge on any atom is -0.496 e. The zero-order chi connectivity index (χ0) is 21.2. The molecule has 162 valence electrons. The van der Waals surface area contributed by atoms with E-state index in [1.54, 1.807) is 21.3 Å². The van der Waals surface area contributed by atoms with Crippen molar-refractivity contribution in [2.24, 2.45) is 4.99 Å². The number of nitrogens with one attached hydrogen (secondary N) is 2. The standard InChI is InChI=1S/C22H29N3O5/c1-23-22(25-16-6-7-20-21(12-16)30-11-5-10-29-20)24-8-4-9-28-19-14-17(26-2)13-18(15-19)27-3/h6-7,12-15H,4-5,8-11H2,1-3H3,(H2,23,24,25). The van der Waals surface area contributed by atoms with Crippen molar-refractivity contribution in [2.75, 3.05) is 52.9 Å². The summed E-state index contributed by atoms with van der Waals surface area (Å²) in [6.45, 7) is 2.58. The Bertz CT molecular complexity index is 834. The zero-order valence-electron chi connectivity index (χ0n) is 17.7. The molecule has 0 atom stereocenters. The van der Waals surface area contributed by atoms with Crippen molar-refractivity contribution < 1.29 is 23.7 Å². The Morgan fingerprint density at radius 1 is 0.967 bits per heavy atom. The summed E-state index contributed by atoms with van der Waals surface area (Å²) in [7, 11) is 4.96. The van der Waals surface area contributed by atoms with E-state index >= 15 is 0 Å². The molecule has 0 saturated heterocycles. The fraction of sp³-hybridized carbons (Fsp3) is 0.409. The molecule has 2 N–H and O–H groups in total. The van der Waals surface area contributed by atoms with Crippen LogP contribution in [-0.2, 0) is 0 Å². The topological polar surface area (TPSA) is 82.6 Å². The Morgan fingerprint density at radius 3 is 2.37 bits per heavy atom. The van der Waals surface area contributed by atoms with Crippen molar-refractivity contribution in [1.29, 1.82) is 0 Å². The number of rotatable bonds is 8. The molecule has 2 aromatic carbocycles. The Labute approximate surface area is 177 Å². The lowest BCUT2D eigenvalue weighted by Crippen LogP contribution is -2.32. The van der Waals surface area contributed by atoms with Crippen molar-refractivity contribution in [3.05, 3.63) is 36.4 Å². The van der Waals surface area contributed by atoms with E-state index in [9.17, 15) is 0 Å². The Balaban J connectivity index is 1.44. The number of fused-ring (bicyclic) bond motifs is 1. The summed E-state index contributed by atoms with van der Waals surface area (Å²) in [6.07, 6.45) is 1.67. The van der Waals surface area contributed by atoms with Gasteiger partial charge in [-0.2, -0.15) is 0 Å². The van der Waals surface area contributed by atoms with Crippen LogP contribution < -0.4 is 34.3 Å². The Morgan fingerprint density at radius 2 is 1.67 bits per heavy atom. The number of aliphatic imine (C=N–C) groups is 1. The lowest BCUT2D eigenvalue weighted by atomic mass is 10.2. The summed E-state index contributed by atoms with van der Waals surface area (Å²) in [4.78, 5) is 4.26. The van der Waals surface area contributed by atoms with Gasteiger partial charge in [-0.25, -0.2) is 0 Å². The number of anilines is 1. The van der Waals surface area contributed by atoms with E-state index in [0.717, 1.165) is 30.0 Å². The minimum absolute atomic E-state index is 0.546. The van der Waals surface area contributed by atoms with Crippen LogP contribution in [0, 0.1) is 0 Å². The van der Waals surface area contributed by atoms with Crippen LogP contribution in [0.1, 0.15) is 12.8 Å². The van der Waals surface area contributed by atoms with Crippen LogP contribution in [0.2, 0.25) is 0 Å². The summed E-state index contributed by atoms with van der Waals surface area (Å²) in [5.74, 6) is 4.29. The van der Waals surface area contributed by atoms with Crippen molar-refractivity contribution in [3.8, 4) is 28.7 Å². The number of benzene rings is 2. The van der Waals surface area contributed by atoms with Crippen molar-refractivity contribution in [1.82, 2.24) is 5.32 Å². The van der Waals surface area contributed by atoms with E-state index in [4.69, 9.17) is 23.7 Å². The predicted octanol–water partition coefficient (Wildman–Crippen LogP) is 3.32. The van der Waals surface area contributed by atoms with E-state index in [0.29, 0.717) is 49.6 Å². The molecule has 0 aromatic heterocycles. The third-order valence-corrected chi connectivity index (χ3v) is 4.44. The molecule has 8 heteroatoms. The number of nitrogens with zero attached hydrogens (tertiary/aromatic N) is 1. The number of hydrogen-bond donors (Lipinski definition) is 2. The molecule has 3 rings (SSSR count). The van der Waals surface area contributed by atoms with Gasteiger partial charge in [0.05, 0.1) is 34.0 Å². The average molecular weight is 415 g/mol. The fourth-order valence-corrected chi connectivity index (χ4v) is 2.89. The molecule has 0 radical (unpaired) electrons. The number of ether oxygens (including phenoxy) is 5. The molecule has 0 amide bonds. The second kappa shape index (κ2) is 11.0. The van der Waals surface area contributed by atoms with Crippen LogP contribution in [0.15, 0.2) is 41.4 Å². The van der Waals surface area contributed by atoms with Gasteiger partial charge in [-0.05, 0) is 18.6 Å². The maximum atomic E-state index is 5.81. The van der Waals surface area contributed by atoms with Crippen molar-refractivity contribution in [3.63, 3.8) is 0 Å². The molecule has 0 unspecified atom stereocenters. The third kappa shape index (κ3) is 6.10. The maximum absolute atomic E-state index is 5.81. The molecule has 30 heavy (non-hydrogen) atoms. The Hall–Kier alpha value is -3.29. The van der Waals surface area contributed by atoms with Gasteiger partial charge >= 0.3 is 0 Å². The monoisotopic (exact) mass is 415 g/mol. The van der Waals surface area contributed by atoms with Crippen molar-refractivity contribution in [2.45, 2.75) is 12.8 Å². The van der Waals surface area contributed by atoms with E-state index < -0.39 is 0 Å². The van der Waals surface area contributed by atoms with Crippen LogP contribution in [0.4, 0.5) is 5.69 Å². The summed E-state index contributed by atoms with van der Waals surface area (Å²) in [5.41, 5.74) is 0.882. The lowest BCUT2D eigenvalue weighted by Gasteiger charge is -2.14. The maximum Gasteiger partial charge on any atom is 0.195 e. The van der Waals surface area contributed by atoms with Gasteiger partial charge in [-0.3, -0.25) is 4.99 Å². The first-order chi connectivity index (χ1) is 14.7. The second-order valence-electron chi connectivity index (χ2n) is 6.59. The van der Waals surface area contributed by atoms with Crippen LogP contribution in [0.3, 0.4) is 0 Å². The molecular formula is C22H29N3O5.